The Hall–Kier alpha value is -2.20. The number of hydrogen-bond acceptors (Lipinski definition) is 3. The number of aromatic nitrogens is 1. The molecule has 1 aromatic heterocycles. The molecular weight excluding hydrogens is 441 g/mol. The van der Waals surface area contributed by atoms with E-state index in [1.165, 1.54) is 0 Å². The van der Waals surface area contributed by atoms with E-state index in [4.69, 9.17) is 39.2 Å². The zero-order chi connectivity index (χ0) is 21.6. The summed E-state index contributed by atoms with van der Waals surface area (Å²) in [6.07, 6.45) is 0.671. The molecule has 0 radical (unpaired) electrons. The minimum Gasteiger partial charge on any atom is -0.505 e. The molecule has 0 bridgehead atoms. The molecular formula is C24H20Cl3NO2. The number of phenolic OH excluding ortho intramolecular Hbond substituents is 1. The van der Waals surface area contributed by atoms with Gasteiger partial charge in [-0.2, -0.15) is 0 Å². The first kappa shape index (κ1) is 21.0. The predicted molar refractivity (Wildman–Crippen MR) is 123 cm³/mol. The lowest BCUT2D eigenvalue weighted by molar-refractivity contribution is 0.474. The molecule has 4 rings (SSSR count). The Bertz CT molecular complexity index is 1230. The zero-order valence-electron chi connectivity index (χ0n) is 16.8. The minimum atomic E-state index is -0.545. The molecule has 154 valence electrons. The maximum atomic E-state index is 10.1. The molecule has 0 fully saturated rings. The monoisotopic (exact) mass is 459 g/mol. The van der Waals surface area contributed by atoms with Crippen LogP contribution in [-0.2, 0) is 11.8 Å². The molecule has 0 aliphatic rings. The van der Waals surface area contributed by atoms with Crippen molar-refractivity contribution in [3.05, 3.63) is 91.7 Å². The maximum absolute atomic E-state index is 10.1. The Morgan fingerprint density at radius 3 is 2.27 bits per heavy atom. The van der Waals surface area contributed by atoms with E-state index >= 15 is 0 Å². The summed E-state index contributed by atoms with van der Waals surface area (Å²) in [5, 5.41) is 11.0. The van der Waals surface area contributed by atoms with Crippen molar-refractivity contribution in [3.63, 3.8) is 0 Å². The molecule has 0 amide bonds. The second kappa shape index (κ2) is 7.81. The number of benzene rings is 3. The van der Waals surface area contributed by atoms with Crippen LogP contribution < -0.4 is 0 Å². The lowest BCUT2D eigenvalue weighted by Gasteiger charge is -2.33. The molecule has 1 heterocycles. The Labute approximate surface area is 190 Å². The predicted octanol–water partition coefficient (Wildman–Crippen LogP) is 7.66. The Balaban J connectivity index is 2.01. The summed E-state index contributed by atoms with van der Waals surface area (Å²) >= 11 is 19.3. The topological polar surface area (TPSA) is 46.3 Å². The quantitative estimate of drug-likeness (QED) is 0.340. The van der Waals surface area contributed by atoms with Gasteiger partial charge in [0.1, 0.15) is 5.52 Å². The molecule has 0 aliphatic carbocycles. The van der Waals surface area contributed by atoms with Crippen LogP contribution >= 0.6 is 34.8 Å². The minimum absolute atomic E-state index is 0.124. The van der Waals surface area contributed by atoms with E-state index in [9.17, 15) is 5.11 Å². The van der Waals surface area contributed by atoms with Crippen molar-refractivity contribution in [1.29, 1.82) is 0 Å². The van der Waals surface area contributed by atoms with Gasteiger partial charge in [-0.05, 0) is 53.8 Å². The average molecular weight is 461 g/mol. The van der Waals surface area contributed by atoms with E-state index in [1.54, 1.807) is 19.1 Å². The third-order valence-electron chi connectivity index (χ3n) is 5.62. The number of aromatic hydroxyl groups is 1. The summed E-state index contributed by atoms with van der Waals surface area (Å²) in [7, 11) is 0. The van der Waals surface area contributed by atoms with E-state index in [0.717, 1.165) is 22.3 Å². The van der Waals surface area contributed by atoms with Crippen LogP contribution in [0.25, 0.3) is 11.1 Å². The highest BCUT2D eigenvalue weighted by Crippen LogP contribution is 2.45. The summed E-state index contributed by atoms with van der Waals surface area (Å²) < 4.78 is 5.71. The molecule has 0 saturated heterocycles. The number of aryl methyl sites for hydroxylation is 1. The van der Waals surface area contributed by atoms with Gasteiger partial charge in [-0.3, -0.25) is 0 Å². The Kier molecular flexibility index (Phi) is 5.48. The number of phenols is 1. The number of hydrogen-bond donors (Lipinski definition) is 1. The van der Waals surface area contributed by atoms with Gasteiger partial charge in [-0.15, -0.1) is 0 Å². The highest BCUT2D eigenvalue weighted by molar-refractivity contribution is 6.37. The molecule has 6 heteroatoms. The maximum Gasteiger partial charge on any atom is 0.192 e. The summed E-state index contributed by atoms with van der Waals surface area (Å²) in [4.78, 5) is 4.50. The normalized spacial score (nSPS) is 13.5. The first-order chi connectivity index (χ1) is 14.2. The van der Waals surface area contributed by atoms with Crippen molar-refractivity contribution >= 4 is 45.9 Å². The van der Waals surface area contributed by atoms with Crippen molar-refractivity contribution < 1.29 is 9.52 Å². The van der Waals surface area contributed by atoms with E-state index in [1.807, 2.05) is 31.2 Å². The lowest BCUT2D eigenvalue weighted by Crippen LogP contribution is -2.28. The van der Waals surface area contributed by atoms with Crippen LogP contribution in [0.15, 0.2) is 52.9 Å². The van der Waals surface area contributed by atoms with Gasteiger partial charge < -0.3 is 9.52 Å². The van der Waals surface area contributed by atoms with Gasteiger partial charge in [0, 0.05) is 12.3 Å². The van der Waals surface area contributed by atoms with Gasteiger partial charge in [0.15, 0.2) is 17.2 Å². The van der Waals surface area contributed by atoms with Crippen LogP contribution in [0, 0.1) is 13.8 Å². The van der Waals surface area contributed by atoms with E-state index in [0.29, 0.717) is 28.4 Å². The van der Waals surface area contributed by atoms with Gasteiger partial charge >= 0.3 is 0 Å². The molecule has 1 N–H and O–H groups in total. The molecule has 30 heavy (non-hydrogen) atoms. The number of fused-ring (bicyclic) bond motifs is 1. The fourth-order valence-electron chi connectivity index (χ4n) is 4.05. The Morgan fingerprint density at radius 2 is 1.63 bits per heavy atom. The van der Waals surface area contributed by atoms with Crippen molar-refractivity contribution in [3.8, 4) is 5.75 Å². The van der Waals surface area contributed by atoms with Crippen LogP contribution in [0.3, 0.4) is 0 Å². The van der Waals surface area contributed by atoms with Gasteiger partial charge in [-0.25, -0.2) is 4.98 Å². The largest absolute Gasteiger partial charge is 0.505 e. The number of nitrogens with zero attached hydrogens (tertiary/aromatic N) is 1. The second-order valence-electron chi connectivity index (χ2n) is 7.73. The molecule has 3 nitrogen and oxygen atoms in total. The molecule has 3 aromatic carbocycles. The summed E-state index contributed by atoms with van der Waals surface area (Å²) in [5.74, 6) is 0.436. The van der Waals surface area contributed by atoms with Gasteiger partial charge in [0.25, 0.3) is 0 Å². The standard InChI is InChI=1S/C24H20Cl3NO2/c1-13-17(11-20-23(21(13)27)30-14(2)28-20)24(3,12-15-7-5-4-6-8-15)16-9-18(25)22(29)19(26)10-16/h4-11,29H,12H2,1-3H3/t24-/m0/s1. The van der Waals surface area contributed by atoms with Crippen LogP contribution in [0.1, 0.15) is 35.1 Å². The first-order valence-electron chi connectivity index (χ1n) is 9.50. The van der Waals surface area contributed by atoms with Gasteiger partial charge in [0.05, 0.1) is 15.1 Å². The van der Waals surface area contributed by atoms with E-state index < -0.39 is 5.41 Å². The van der Waals surface area contributed by atoms with E-state index in [2.05, 4.69) is 24.0 Å². The smallest absolute Gasteiger partial charge is 0.192 e. The summed E-state index contributed by atoms with van der Waals surface area (Å²) in [6.45, 7) is 5.90. The third-order valence-corrected chi connectivity index (χ3v) is 6.65. The summed E-state index contributed by atoms with van der Waals surface area (Å²) in [6, 6.07) is 15.7. The Morgan fingerprint density at radius 1 is 1.00 bits per heavy atom. The fourth-order valence-corrected chi connectivity index (χ4v) is 4.77. The molecule has 1 atom stereocenters. The van der Waals surface area contributed by atoms with E-state index in [-0.39, 0.29) is 15.8 Å². The van der Waals surface area contributed by atoms with Gasteiger partial charge in [-0.1, -0.05) is 72.1 Å². The van der Waals surface area contributed by atoms with Crippen LogP contribution in [-0.4, -0.2) is 10.1 Å². The molecule has 0 saturated carbocycles. The molecule has 0 spiro atoms. The average Bonchev–Trinajstić information content (AvgIpc) is 3.09. The zero-order valence-corrected chi connectivity index (χ0v) is 19.0. The van der Waals surface area contributed by atoms with Crippen molar-refractivity contribution in [2.45, 2.75) is 32.6 Å². The van der Waals surface area contributed by atoms with Crippen molar-refractivity contribution in [1.82, 2.24) is 4.98 Å². The molecule has 0 unspecified atom stereocenters. The molecule has 0 aliphatic heterocycles. The summed E-state index contributed by atoms with van der Waals surface area (Å²) in [5.41, 5.74) is 4.66. The second-order valence-corrected chi connectivity index (χ2v) is 8.92. The number of halogens is 3. The van der Waals surface area contributed by atoms with Crippen LogP contribution in [0.4, 0.5) is 0 Å². The highest BCUT2D eigenvalue weighted by atomic mass is 35.5. The van der Waals surface area contributed by atoms with Crippen LogP contribution in [0.5, 0.6) is 5.75 Å². The van der Waals surface area contributed by atoms with Crippen LogP contribution in [0.2, 0.25) is 15.1 Å². The SMILES string of the molecule is Cc1nc2cc([C@@](C)(Cc3ccccc3)c3cc(Cl)c(O)c(Cl)c3)c(C)c(Cl)c2o1. The van der Waals surface area contributed by atoms with Gasteiger partial charge in [0.2, 0.25) is 0 Å². The fraction of sp³-hybridized carbons (Fsp3) is 0.208. The highest BCUT2D eigenvalue weighted by Gasteiger charge is 2.34. The lowest BCUT2D eigenvalue weighted by atomic mass is 9.70. The number of rotatable bonds is 4. The van der Waals surface area contributed by atoms with Crippen molar-refractivity contribution in [2.75, 3.05) is 0 Å². The number of oxazole rings is 1. The molecule has 4 aromatic rings. The third kappa shape index (κ3) is 3.56. The van der Waals surface area contributed by atoms with Crippen molar-refractivity contribution in [2.24, 2.45) is 0 Å². The first-order valence-corrected chi connectivity index (χ1v) is 10.6.